The van der Waals surface area contributed by atoms with Crippen LogP contribution in [0.3, 0.4) is 0 Å². The zero-order chi connectivity index (χ0) is 75.8. The summed E-state index contributed by atoms with van der Waals surface area (Å²) in [6.07, 6.45) is -9.59. The number of nitrogens with one attached hydrogen (secondary N) is 11. The van der Waals surface area contributed by atoms with Crippen LogP contribution in [0, 0.1) is 28.6 Å². The number of rotatable bonds is 22. The minimum atomic E-state index is -2.60. The van der Waals surface area contributed by atoms with Crippen molar-refractivity contribution in [3.8, 4) is 0 Å². The minimum absolute atomic E-state index is 0.00357. The fourth-order valence-corrected chi connectivity index (χ4v) is 10.0. The first-order valence-electron chi connectivity index (χ1n) is 33.0. The number of guanidine groups is 1. The number of aliphatic hydroxyl groups is 4. The van der Waals surface area contributed by atoms with Gasteiger partial charge in [-0.25, -0.2) is 9.59 Å². The topological polar surface area (TPSA) is 544 Å². The van der Waals surface area contributed by atoms with Crippen LogP contribution < -0.4 is 75.7 Å². The Labute approximate surface area is 577 Å². The Bertz CT molecular complexity index is 2980. The van der Waals surface area contributed by atoms with Crippen LogP contribution in [0.5, 0.6) is 0 Å². The number of primary amides is 1. The lowest BCUT2D eigenvalue weighted by Gasteiger charge is -2.34. The third-order valence-corrected chi connectivity index (χ3v) is 15.3. The molecule has 1 aliphatic rings. The maximum absolute atomic E-state index is 15.6. The van der Waals surface area contributed by atoms with Gasteiger partial charge in [0.25, 0.3) is 0 Å². The van der Waals surface area contributed by atoms with Gasteiger partial charge in [0.05, 0.1) is 25.4 Å². The number of hydrogen-bond acceptors (Lipinski definition) is 20. The van der Waals surface area contributed by atoms with E-state index < -0.39 is 209 Å². The van der Waals surface area contributed by atoms with E-state index in [1.807, 2.05) is 10.6 Å². The third-order valence-electron chi connectivity index (χ3n) is 15.3. The molecular weight excluding hydrogens is 1290 g/mol. The van der Waals surface area contributed by atoms with E-state index in [0.717, 1.165) is 6.92 Å². The van der Waals surface area contributed by atoms with Crippen molar-refractivity contribution < 1.29 is 92.2 Å². The van der Waals surface area contributed by atoms with Gasteiger partial charge in [0, 0.05) is 6.54 Å². The SMILES string of the molecule is CC[C@H](C)C1NC(=O)[C@@H](CCCN=C(N)N)NC(=O)[C@H](CC(C)C)NC(=O)[C@H]([C@H](O)C(C)C)NC(=O)[C@@H](NC(=O)[C@H](CC(C)(C)C)NC(=O)[C@H](CC(C)(C)C)NC(=O)OC(C)(C)C)[C@@H](c2ccccc2)OC(=O)[C@H](CO)NC(=O)[C@H]([C@H](O)C(N)=O)NC(=O)CNC(=O)[C@H]([C@H](C)O)NC1=O. The number of alkyl carbamates (subject to hydrolysis) is 1. The van der Waals surface area contributed by atoms with E-state index in [4.69, 9.17) is 26.7 Å². The Morgan fingerprint density at radius 3 is 1.66 bits per heavy atom. The summed E-state index contributed by atoms with van der Waals surface area (Å²) in [5, 5.41) is 71.1. The summed E-state index contributed by atoms with van der Waals surface area (Å²) < 4.78 is 11.5. The highest BCUT2D eigenvalue weighted by molar-refractivity contribution is 6.00. The van der Waals surface area contributed by atoms with E-state index in [0.29, 0.717) is 0 Å². The molecule has 0 saturated carbocycles. The average Bonchev–Trinajstić information content (AvgIpc) is 0.814. The quantitative estimate of drug-likeness (QED) is 0.0237. The molecule has 0 bridgehead atoms. The van der Waals surface area contributed by atoms with Crippen LogP contribution in [0.25, 0.3) is 0 Å². The maximum atomic E-state index is 15.6. The first kappa shape index (κ1) is 86.3. The molecule has 99 heavy (non-hydrogen) atoms. The van der Waals surface area contributed by atoms with E-state index in [1.165, 1.54) is 44.2 Å². The van der Waals surface area contributed by atoms with Crippen molar-refractivity contribution in [1.82, 2.24) is 58.5 Å². The molecule has 15 atom stereocenters. The molecular formula is C65H109N15O19. The van der Waals surface area contributed by atoms with Gasteiger partial charge < -0.3 is 106 Å². The number of benzene rings is 1. The summed E-state index contributed by atoms with van der Waals surface area (Å²) in [4.78, 5) is 190. The molecule has 1 aliphatic heterocycles. The first-order valence-corrected chi connectivity index (χ1v) is 33.0. The van der Waals surface area contributed by atoms with Gasteiger partial charge in [-0.15, -0.1) is 0 Å². The van der Waals surface area contributed by atoms with Gasteiger partial charge in [0.1, 0.15) is 60.0 Å². The number of amides is 12. The van der Waals surface area contributed by atoms with E-state index in [2.05, 4.69) is 52.8 Å². The highest BCUT2D eigenvalue weighted by Gasteiger charge is 2.44. The molecule has 1 saturated heterocycles. The molecule has 1 aromatic rings. The van der Waals surface area contributed by atoms with E-state index in [1.54, 1.807) is 90.0 Å². The molecule has 558 valence electrons. The summed E-state index contributed by atoms with van der Waals surface area (Å²) in [7, 11) is 0. The molecule has 1 fully saturated rings. The van der Waals surface area contributed by atoms with Gasteiger partial charge in [0.15, 0.2) is 24.2 Å². The zero-order valence-electron chi connectivity index (χ0n) is 59.7. The number of carbonyl (C=O) groups excluding carboxylic acids is 13. The van der Waals surface area contributed by atoms with Crippen molar-refractivity contribution in [2.45, 2.75) is 240 Å². The van der Waals surface area contributed by atoms with Gasteiger partial charge in [-0.2, -0.15) is 0 Å². The number of ether oxygens (including phenoxy) is 2. The molecule has 1 heterocycles. The molecule has 0 aliphatic carbocycles. The lowest BCUT2D eigenvalue weighted by molar-refractivity contribution is -0.159. The lowest BCUT2D eigenvalue weighted by atomic mass is 9.86. The standard InChI is InChI=1S/C65H109N15O19/c1-17-33(6)42-56(92)78-43(34(7)82)55(91)70-29-41(83)76-45(48(85)50(66)86)58(94)74-40(30-81)60(96)98-49(35-22-19-18-20-23-35)46(80-54(90)38(27-63(8,9)10)73-53(89)39(28-64(11,12)13)75-62(97)99-65(14,15)16)59(95)79-44(47(84)32(4)5)57(93)72-37(26-31(2)3)52(88)71-36(51(87)77-42)24-21-25-69-61(67)68/h18-20,22-23,31-34,36-40,42-49,81-82,84-85H,17,21,24-30H2,1-16H3,(H2,66,86)(H,70,91)(H,71,88)(H,72,93)(H,73,89)(H,74,94)(H,75,97)(H,76,83)(H,77,87)(H,78,92)(H,79,95)(H,80,90)(H4,67,68,69)/t33-,34-,36+,37-,38-,39-,40-,42?,43-,44-,45-,46-,47+,48-,49+/m0/s1. The Morgan fingerprint density at radius 1 is 0.636 bits per heavy atom. The molecule has 0 spiro atoms. The van der Waals surface area contributed by atoms with Crippen LogP contribution in [-0.4, -0.2) is 207 Å². The van der Waals surface area contributed by atoms with Crippen molar-refractivity contribution in [3.05, 3.63) is 35.9 Å². The van der Waals surface area contributed by atoms with Gasteiger partial charge in [-0.3, -0.25) is 57.7 Å². The molecule has 0 radical (unpaired) electrons. The Morgan fingerprint density at radius 2 is 1.15 bits per heavy atom. The average molecular weight is 1400 g/mol. The minimum Gasteiger partial charge on any atom is -0.453 e. The molecule has 1 aromatic carbocycles. The van der Waals surface area contributed by atoms with E-state index in [-0.39, 0.29) is 56.6 Å². The zero-order valence-corrected chi connectivity index (χ0v) is 59.7. The monoisotopic (exact) mass is 1400 g/mol. The second kappa shape index (κ2) is 39.1. The van der Waals surface area contributed by atoms with Gasteiger partial charge in [-0.1, -0.05) is 120 Å². The number of aliphatic hydroxyl groups excluding tert-OH is 4. The third kappa shape index (κ3) is 30.1. The maximum Gasteiger partial charge on any atom is 0.408 e. The Hall–Kier alpha value is -8.76. The fourth-order valence-electron chi connectivity index (χ4n) is 10.0. The van der Waals surface area contributed by atoms with Gasteiger partial charge in [0.2, 0.25) is 65.0 Å². The fraction of sp³-hybridized carbons (Fsp3) is 0.692. The summed E-state index contributed by atoms with van der Waals surface area (Å²) in [5.74, 6) is -17.4. The van der Waals surface area contributed by atoms with Crippen molar-refractivity contribution in [3.63, 3.8) is 0 Å². The predicted molar refractivity (Wildman–Crippen MR) is 361 cm³/mol. The predicted octanol–water partition coefficient (Wildman–Crippen LogP) is -3.09. The smallest absolute Gasteiger partial charge is 0.408 e. The highest BCUT2D eigenvalue weighted by Crippen LogP contribution is 2.27. The molecule has 2 rings (SSSR count). The number of hydrogen-bond donors (Lipinski definition) is 18. The molecule has 21 N–H and O–H groups in total. The summed E-state index contributed by atoms with van der Waals surface area (Å²) in [5.41, 5.74) is 13.9. The normalized spacial score (nSPS) is 23.9. The Kier molecular flexibility index (Phi) is 34.1. The van der Waals surface area contributed by atoms with Crippen LogP contribution >= 0.6 is 0 Å². The number of nitrogens with two attached hydrogens (primary N) is 3. The molecule has 34 nitrogen and oxygen atoms in total. The number of cyclic esters (lactones) is 1. The lowest BCUT2D eigenvalue weighted by Crippen LogP contribution is -2.64. The number of esters is 1. The van der Waals surface area contributed by atoms with Crippen LogP contribution in [0.1, 0.15) is 161 Å². The van der Waals surface area contributed by atoms with Crippen LogP contribution in [-0.2, 0) is 67.0 Å². The van der Waals surface area contributed by atoms with Gasteiger partial charge in [-0.05, 0) is 93.9 Å². The van der Waals surface area contributed by atoms with E-state index >= 15 is 14.4 Å². The number of nitrogens with zero attached hydrogens (tertiary/aromatic N) is 1. The molecule has 12 amide bonds. The number of aliphatic imine (C=N–C) groups is 1. The highest BCUT2D eigenvalue weighted by atomic mass is 16.6. The van der Waals surface area contributed by atoms with Crippen LogP contribution in [0.15, 0.2) is 35.3 Å². The Balaban J connectivity index is 3.21. The van der Waals surface area contributed by atoms with Crippen molar-refractivity contribution >= 4 is 83.0 Å². The summed E-state index contributed by atoms with van der Waals surface area (Å²) in [6.45, 7) is 23.5. The molecule has 0 aromatic heterocycles. The van der Waals surface area contributed by atoms with Gasteiger partial charge >= 0.3 is 12.1 Å². The second-order valence-electron chi connectivity index (χ2n) is 28.9. The second-order valence-corrected chi connectivity index (χ2v) is 28.9. The van der Waals surface area contributed by atoms with Crippen LogP contribution in [0.2, 0.25) is 0 Å². The van der Waals surface area contributed by atoms with Crippen LogP contribution in [0.4, 0.5) is 4.79 Å². The van der Waals surface area contributed by atoms with Crippen molar-refractivity contribution in [2.24, 2.45) is 50.8 Å². The van der Waals surface area contributed by atoms with Crippen molar-refractivity contribution in [2.75, 3.05) is 19.7 Å². The first-order chi connectivity index (χ1) is 45.7. The summed E-state index contributed by atoms with van der Waals surface area (Å²) >= 11 is 0. The largest absolute Gasteiger partial charge is 0.453 e. The molecule has 34 heteroatoms. The van der Waals surface area contributed by atoms with E-state index in [9.17, 15) is 68.4 Å². The van der Waals surface area contributed by atoms with Crippen molar-refractivity contribution in [1.29, 1.82) is 0 Å². The summed E-state index contributed by atoms with van der Waals surface area (Å²) in [6, 6.07) is -11.6. The molecule has 1 unspecified atom stereocenters. The number of carbonyl (C=O) groups is 13.